The van der Waals surface area contributed by atoms with Gasteiger partial charge in [0.25, 0.3) is 5.56 Å². The van der Waals surface area contributed by atoms with Crippen molar-refractivity contribution in [3.05, 3.63) is 70.3 Å². The summed E-state index contributed by atoms with van der Waals surface area (Å²) in [5, 5.41) is 6.90. The number of hydrogen-bond acceptors (Lipinski definition) is 5. The van der Waals surface area contributed by atoms with Crippen molar-refractivity contribution in [2.75, 3.05) is 20.2 Å². The van der Waals surface area contributed by atoms with E-state index in [9.17, 15) is 4.79 Å². The summed E-state index contributed by atoms with van der Waals surface area (Å²) in [5.41, 5.74) is 2.01. The molecule has 1 aliphatic rings. The quantitative estimate of drug-likeness (QED) is 0.568. The van der Waals surface area contributed by atoms with Crippen molar-refractivity contribution in [3.8, 4) is 6.01 Å². The molecule has 0 aliphatic carbocycles. The van der Waals surface area contributed by atoms with Crippen molar-refractivity contribution in [1.29, 1.82) is 0 Å². The molecule has 2 aromatic carbocycles. The molecule has 0 bridgehead atoms. The minimum Gasteiger partial charge on any atom is -0.462 e. The topological polar surface area (TPSA) is 75.5 Å². The number of benzene rings is 2. The van der Waals surface area contributed by atoms with E-state index >= 15 is 0 Å². The van der Waals surface area contributed by atoms with Gasteiger partial charge in [-0.15, -0.1) is 5.10 Å². The van der Waals surface area contributed by atoms with Crippen molar-refractivity contribution >= 4 is 16.4 Å². The molecule has 0 spiro atoms. The molecule has 1 unspecified atom stereocenters. The highest BCUT2D eigenvalue weighted by molar-refractivity contribution is 5.85. The Hall–Kier alpha value is -3.19. The third-order valence-corrected chi connectivity index (χ3v) is 5.76. The number of likely N-dealkylation sites (tertiary alicyclic amines) is 1. The van der Waals surface area contributed by atoms with Crippen LogP contribution in [0.5, 0.6) is 6.01 Å². The Morgan fingerprint density at radius 3 is 2.93 bits per heavy atom. The number of fused-ring (bicyclic) bond motifs is 2. The summed E-state index contributed by atoms with van der Waals surface area (Å²) in [6.07, 6.45) is 4.61. The van der Waals surface area contributed by atoms with Crippen molar-refractivity contribution in [2.24, 2.45) is 0 Å². The zero-order chi connectivity index (χ0) is 19.8. The molecule has 2 aromatic heterocycles. The minimum atomic E-state index is -0.293. The molecular weight excluding hydrogens is 366 g/mol. The molecule has 0 radical (unpaired) electrons. The molecule has 1 fully saturated rings. The SMILES string of the molecule is CN1CCCC1COc1nn2c(Cc3cccc4ccccc34)cnc2c(=O)[nH]1. The van der Waals surface area contributed by atoms with Gasteiger partial charge < -0.3 is 9.64 Å². The van der Waals surface area contributed by atoms with Crippen molar-refractivity contribution in [2.45, 2.75) is 25.3 Å². The number of aromatic nitrogens is 4. The lowest BCUT2D eigenvalue weighted by Crippen LogP contribution is -2.31. The number of hydrogen-bond donors (Lipinski definition) is 1. The smallest absolute Gasteiger partial charge is 0.314 e. The molecule has 7 heteroatoms. The summed E-state index contributed by atoms with van der Waals surface area (Å²) >= 11 is 0. The van der Waals surface area contributed by atoms with Gasteiger partial charge in [0.15, 0.2) is 0 Å². The van der Waals surface area contributed by atoms with Crippen molar-refractivity contribution < 1.29 is 4.74 Å². The van der Waals surface area contributed by atoms with Crippen LogP contribution in [0, 0.1) is 0 Å². The fourth-order valence-electron chi connectivity index (χ4n) is 4.11. The molecule has 3 heterocycles. The van der Waals surface area contributed by atoms with Crippen LogP contribution in [-0.4, -0.2) is 50.7 Å². The molecule has 1 N–H and O–H groups in total. The first-order chi connectivity index (χ1) is 14.2. The predicted molar refractivity (Wildman–Crippen MR) is 112 cm³/mol. The Labute approximate surface area is 167 Å². The second-order valence-electron chi connectivity index (χ2n) is 7.65. The highest BCUT2D eigenvalue weighted by Gasteiger charge is 2.22. The van der Waals surface area contributed by atoms with Crippen LogP contribution in [0.15, 0.2) is 53.5 Å². The first-order valence-electron chi connectivity index (χ1n) is 9.95. The van der Waals surface area contributed by atoms with E-state index in [1.807, 2.05) is 18.2 Å². The normalized spacial score (nSPS) is 17.3. The number of nitrogens with zero attached hydrogens (tertiary/aromatic N) is 4. The Kier molecular flexibility index (Phi) is 4.52. The van der Waals surface area contributed by atoms with Crippen LogP contribution in [0.25, 0.3) is 16.4 Å². The van der Waals surface area contributed by atoms with Gasteiger partial charge in [-0.1, -0.05) is 42.5 Å². The zero-order valence-electron chi connectivity index (χ0n) is 16.3. The Balaban J connectivity index is 1.46. The van der Waals surface area contributed by atoms with Crippen LogP contribution in [0.3, 0.4) is 0 Å². The first kappa shape index (κ1) is 17.9. The fourth-order valence-corrected chi connectivity index (χ4v) is 4.11. The van der Waals surface area contributed by atoms with Gasteiger partial charge in [0.1, 0.15) is 6.61 Å². The lowest BCUT2D eigenvalue weighted by Gasteiger charge is -2.18. The van der Waals surface area contributed by atoms with Crippen molar-refractivity contribution in [1.82, 2.24) is 24.5 Å². The lowest BCUT2D eigenvalue weighted by atomic mass is 10.0. The van der Waals surface area contributed by atoms with E-state index in [4.69, 9.17) is 4.74 Å². The number of aromatic amines is 1. The predicted octanol–water partition coefficient (Wildman–Crippen LogP) is 2.63. The molecule has 29 heavy (non-hydrogen) atoms. The Bertz CT molecular complexity index is 1220. The average molecular weight is 389 g/mol. The van der Waals surface area contributed by atoms with E-state index in [0.29, 0.717) is 19.1 Å². The first-order valence-corrected chi connectivity index (χ1v) is 9.95. The monoisotopic (exact) mass is 389 g/mol. The molecule has 4 aromatic rings. The van der Waals surface area contributed by atoms with E-state index < -0.39 is 0 Å². The highest BCUT2D eigenvalue weighted by Crippen LogP contribution is 2.21. The molecular formula is C22H23N5O2. The number of likely N-dealkylation sites (N-methyl/N-ethyl adjacent to an activating group) is 1. The van der Waals surface area contributed by atoms with E-state index in [1.165, 1.54) is 22.8 Å². The number of nitrogens with one attached hydrogen (secondary N) is 1. The molecule has 148 valence electrons. The van der Waals surface area contributed by atoms with E-state index in [0.717, 1.165) is 18.7 Å². The molecule has 1 aliphatic heterocycles. The van der Waals surface area contributed by atoms with Crippen LogP contribution in [0.4, 0.5) is 0 Å². The van der Waals surface area contributed by atoms with Gasteiger partial charge in [-0.25, -0.2) is 9.50 Å². The third kappa shape index (κ3) is 3.38. The highest BCUT2D eigenvalue weighted by atomic mass is 16.5. The fraction of sp³-hybridized carbons (Fsp3) is 0.318. The van der Waals surface area contributed by atoms with E-state index in [-0.39, 0.29) is 17.2 Å². The summed E-state index contributed by atoms with van der Waals surface area (Å²) in [6, 6.07) is 15.1. The van der Waals surface area contributed by atoms with Crippen LogP contribution < -0.4 is 10.3 Å². The maximum atomic E-state index is 12.5. The molecule has 7 nitrogen and oxygen atoms in total. The van der Waals surface area contributed by atoms with Crippen LogP contribution in [-0.2, 0) is 6.42 Å². The number of ether oxygens (including phenoxy) is 1. The Morgan fingerprint density at radius 1 is 1.21 bits per heavy atom. The number of imidazole rings is 1. The minimum absolute atomic E-state index is 0.236. The third-order valence-electron chi connectivity index (χ3n) is 5.76. The second kappa shape index (κ2) is 7.33. The second-order valence-corrected chi connectivity index (χ2v) is 7.65. The number of rotatable bonds is 5. The molecule has 1 atom stereocenters. The summed E-state index contributed by atoms with van der Waals surface area (Å²) in [6.45, 7) is 1.59. The Morgan fingerprint density at radius 2 is 2.07 bits per heavy atom. The maximum Gasteiger partial charge on any atom is 0.314 e. The van der Waals surface area contributed by atoms with Gasteiger partial charge >= 0.3 is 6.01 Å². The average Bonchev–Trinajstić information content (AvgIpc) is 3.33. The molecule has 5 rings (SSSR count). The van der Waals surface area contributed by atoms with Gasteiger partial charge in [-0.2, -0.15) is 0 Å². The summed E-state index contributed by atoms with van der Waals surface area (Å²) in [7, 11) is 2.10. The lowest BCUT2D eigenvalue weighted by molar-refractivity contribution is 0.185. The summed E-state index contributed by atoms with van der Waals surface area (Å²) in [4.78, 5) is 21.7. The van der Waals surface area contributed by atoms with E-state index in [2.05, 4.69) is 51.3 Å². The largest absolute Gasteiger partial charge is 0.462 e. The van der Waals surface area contributed by atoms with Gasteiger partial charge in [-0.05, 0) is 42.8 Å². The molecule has 0 amide bonds. The zero-order valence-corrected chi connectivity index (χ0v) is 16.3. The van der Waals surface area contributed by atoms with Crippen molar-refractivity contribution in [3.63, 3.8) is 0 Å². The summed E-state index contributed by atoms with van der Waals surface area (Å²) in [5.74, 6) is 0. The molecule has 1 saturated heterocycles. The van der Waals surface area contributed by atoms with E-state index in [1.54, 1.807) is 10.7 Å². The van der Waals surface area contributed by atoms with Gasteiger partial charge in [-0.3, -0.25) is 9.78 Å². The van der Waals surface area contributed by atoms with Gasteiger partial charge in [0.05, 0.1) is 11.9 Å². The standard InChI is InChI=1S/C22H23N5O2/c1-26-11-5-9-17(26)14-29-22-24-21(28)20-23-13-18(27(20)25-22)12-16-8-4-7-15-6-2-3-10-19(15)16/h2-4,6-8,10,13,17H,5,9,11-12,14H2,1H3,(H,24,25,28). The van der Waals surface area contributed by atoms with Crippen LogP contribution >= 0.6 is 0 Å². The molecule has 0 saturated carbocycles. The number of H-pyrrole nitrogens is 1. The van der Waals surface area contributed by atoms with Gasteiger partial charge in [0.2, 0.25) is 5.65 Å². The van der Waals surface area contributed by atoms with Crippen LogP contribution in [0.2, 0.25) is 0 Å². The van der Waals surface area contributed by atoms with Gasteiger partial charge in [0, 0.05) is 12.5 Å². The van der Waals surface area contributed by atoms with Crippen LogP contribution in [0.1, 0.15) is 24.1 Å². The maximum absolute atomic E-state index is 12.5. The summed E-state index contributed by atoms with van der Waals surface area (Å²) < 4.78 is 7.44.